The Morgan fingerprint density at radius 2 is 1.72 bits per heavy atom. The maximum Gasteiger partial charge on any atom is 0.208 e. The molecule has 0 radical (unpaired) electrons. The molecule has 8 heteroatoms. The number of aromatic hydroxyl groups is 2. The third kappa shape index (κ3) is 4.91. The molecule has 0 aliphatic heterocycles. The molecule has 150 valence electrons. The molecule has 7 nitrogen and oxygen atoms in total. The fourth-order valence-corrected chi connectivity index (χ4v) is 3.17. The fourth-order valence-electron chi connectivity index (χ4n) is 2.77. The van der Waals surface area contributed by atoms with Crippen LogP contribution in [0.3, 0.4) is 0 Å². The first-order valence-electron chi connectivity index (χ1n) is 8.81. The molecule has 0 atom stereocenters. The van der Waals surface area contributed by atoms with Crippen molar-refractivity contribution < 1.29 is 10.2 Å². The van der Waals surface area contributed by atoms with Gasteiger partial charge in [-0.05, 0) is 42.5 Å². The van der Waals surface area contributed by atoms with Gasteiger partial charge in [0, 0.05) is 36.4 Å². The summed E-state index contributed by atoms with van der Waals surface area (Å²) in [6.45, 7) is 0. The van der Waals surface area contributed by atoms with Crippen molar-refractivity contribution in [3.05, 3.63) is 65.1 Å². The number of anilines is 4. The van der Waals surface area contributed by atoms with E-state index in [1.165, 1.54) is 6.07 Å². The monoisotopic (exact) mass is 455 g/mol. The third-order valence-electron chi connectivity index (χ3n) is 4.25. The number of imidazole rings is 1. The molecule has 0 amide bonds. The maximum absolute atomic E-state index is 9.48. The lowest BCUT2D eigenvalue weighted by molar-refractivity contribution is 0.475. The molecule has 0 unspecified atom stereocenters. The van der Waals surface area contributed by atoms with Gasteiger partial charge in [0.2, 0.25) is 5.95 Å². The zero-order valence-corrected chi connectivity index (χ0v) is 17.6. The van der Waals surface area contributed by atoms with Gasteiger partial charge >= 0.3 is 0 Å². The van der Waals surface area contributed by atoms with Crippen molar-refractivity contribution in [2.45, 2.75) is 0 Å². The summed E-state index contributed by atoms with van der Waals surface area (Å²) < 4.78 is 2.96. The quantitative estimate of drug-likeness (QED) is 0.224. The van der Waals surface area contributed by atoms with Gasteiger partial charge in [-0.1, -0.05) is 22.0 Å². The number of phenols is 2. The van der Waals surface area contributed by atoms with Crippen LogP contribution in [-0.2, 0) is 7.05 Å². The van der Waals surface area contributed by atoms with Gasteiger partial charge in [0.05, 0.1) is 22.4 Å². The minimum Gasteiger partial charge on any atom is -0.508 e. The summed E-state index contributed by atoms with van der Waals surface area (Å²) in [7, 11) is 3.72. The van der Waals surface area contributed by atoms with Gasteiger partial charge in [0.1, 0.15) is 11.5 Å². The smallest absolute Gasteiger partial charge is 0.208 e. The minimum atomic E-state index is 0.191. The summed E-state index contributed by atoms with van der Waals surface area (Å²) in [4.78, 5) is 4.47. The van der Waals surface area contributed by atoms with Gasteiger partial charge in [0.15, 0.2) is 0 Å². The summed E-state index contributed by atoms with van der Waals surface area (Å²) in [5.41, 5.74) is 9.59. The van der Waals surface area contributed by atoms with Gasteiger partial charge in [-0.15, -0.1) is 0 Å². The van der Waals surface area contributed by atoms with Gasteiger partial charge in [-0.25, -0.2) is 4.98 Å². The van der Waals surface area contributed by atoms with E-state index in [4.69, 9.17) is 10.8 Å². The molecule has 3 aromatic carbocycles. The highest BCUT2D eigenvalue weighted by Crippen LogP contribution is 2.25. The second kappa shape index (κ2) is 8.74. The van der Waals surface area contributed by atoms with Gasteiger partial charge in [-0.2, -0.15) is 0 Å². The predicted molar refractivity (Wildman–Crippen MR) is 122 cm³/mol. The van der Waals surface area contributed by atoms with E-state index < -0.39 is 0 Å². The number of nitrogens with zero attached hydrogens (tertiary/aromatic N) is 2. The first-order chi connectivity index (χ1) is 13.9. The number of aryl methyl sites for hydroxylation is 1. The molecule has 0 saturated heterocycles. The van der Waals surface area contributed by atoms with Crippen LogP contribution in [0.2, 0.25) is 0 Å². The zero-order chi connectivity index (χ0) is 21.0. The SMILES string of the molecule is CNc1ccc(O)cc1N.Cn1c(Nc2cccc(Br)c2)nc2cc(O)ccc21. The fraction of sp³-hybridized carbons (Fsp3) is 0.0952. The Hall–Kier alpha value is -3.39. The number of nitrogens with one attached hydrogen (secondary N) is 2. The lowest BCUT2D eigenvalue weighted by Gasteiger charge is -2.06. The molecule has 0 aliphatic carbocycles. The number of halogens is 1. The van der Waals surface area contributed by atoms with E-state index in [0.717, 1.165) is 32.8 Å². The van der Waals surface area contributed by atoms with Crippen molar-refractivity contribution >= 4 is 50.0 Å². The molecule has 29 heavy (non-hydrogen) atoms. The highest BCUT2D eigenvalue weighted by Gasteiger charge is 2.08. The Balaban J connectivity index is 0.000000204. The molecule has 0 spiro atoms. The van der Waals surface area contributed by atoms with Crippen molar-refractivity contribution in [2.75, 3.05) is 23.4 Å². The number of benzene rings is 3. The summed E-state index contributed by atoms with van der Waals surface area (Å²) in [5.74, 6) is 1.15. The average molecular weight is 456 g/mol. The topological polar surface area (TPSA) is 108 Å². The highest BCUT2D eigenvalue weighted by molar-refractivity contribution is 9.10. The highest BCUT2D eigenvalue weighted by atomic mass is 79.9. The summed E-state index contributed by atoms with van der Waals surface area (Å²) in [6, 6.07) is 17.9. The number of nitrogens with two attached hydrogens (primary N) is 1. The largest absolute Gasteiger partial charge is 0.508 e. The van der Waals surface area contributed by atoms with Crippen LogP contribution in [0.5, 0.6) is 11.5 Å². The maximum atomic E-state index is 9.48. The molecule has 4 aromatic rings. The van der Waals surface area contributed by atoms with Crippen LogP contribution in [-0.4, -0.2) is 26.8 Å². The number of fused-ring (bicyclic) bond motifs is 1. The van der Waals surface area contributed by atoms with Crippen LogP contribution in [0.4, 0.5) is 23.0 Å². The first kappa shape index (κ1) is 20.3. The predicted octanol–water partition coefficient (Wildman–Crippen LogP) is 4.80. The van der Waals surface area contributed by atoms with E-state index in [2.05, 4.69) is 31.5 Å². The lowest BCUT2D eigenvalue weighted by atomic mass is 10.2. The third-order valence-corrected chi connectivity index (χ3v) is 4.74. The molecule has 0 fully saturated rings. The molecule has 1 aromatic heterocycles. The van der Waals surface area contributed by atoms with Crippen LogP contribution in [0.25, 0.3) is 11.0 Å². The van der Waals surface area contributed by atoms with Crippen LogP contribution < -0.4 is 16.4 Å². The van der Waals surface area contributed by atoms with Crippen molar-refractivity contribution in [3.63, 3.8) is 0 Å². The van der Waals surface area contributed by atoms with Crippen LogP contribution in [0, 0.1) is 0 Å². The Bertz CT molecular complexity index is 1140. The molecule has 0 aliphatic rings. The molecule has 4 rings (SSSR count). The van der Waals surface area contributed by atoms with Crippen LogP contribution in [0.1, 0.15) is 0 Å². The molecular formula is C21H22BrN5O2. The van der Waals surface area contributed by atoms with E-state index in [1.807, 2.05) is 41.9 Å². The second-order valence-electron chi connectivity index (χ2n) is 6.32. The molecular weight excluding hydrogens is 434 g/mol. The molecule has 1 heterocycles. The van der Waals surface area contributed by atoms with Crippen molar-refractivity contribution in [1.82, 2.24) is 9.55 Å². The molecule has 6 N–H and O–H groups in total. The number of phenolic OH excluding ortho intramolecular Hbond substituents is 2. The first-order valence-corrected chi connectivity index (χ1v) is 9.61. The van der Waals surface area contributed by atoms with Crippen molar-refractivity contribution in [1.29, 1.82) is 0 Å². The second-order valence-corrected chi connectivity index (χ2v) is 7.24. The Morgan fingerprint density at radius 3 is 2.41 bits per heavy atom. The van der Waals surface area contributed by atoms with Gasteiger partial charge < -0.3 is 31.1 Å². The molecule has 0 saturated carbocycles. The summed E-state index contributed by atoms with van der Waals surface area (Å²) in [5, 5.41) is 24.6. The Kier molecular flexibility index (Phi) is 6.13. The van der Waals surface area contributed by atoms with E-state index in [9.17, 15) is 5.11 Å². The van der Waals surface area contributed by atoms with E-state index in [1.54, 1.807) is 31.3 Å². The number of aromatic nitrogens is 2. The van der Waals surface area contributed by atoms with E-state index in [0.29, 0.717) is 5.69 Å². The Morgan fingerprint density at radius 1 is 1.00 bits per heavy atom. The summed E-state index contributed by atoms with van der Waals surface area (Å²) >= 11 is 3.44. The lowest BCUT2D eigenvalue weighted by Crippen LogP contribution is -1.98. The van der Waals surface area contributed by atoms with Crippen LogP contribution >= 0.6 is 15.9 Å². The van der Waals surface area contributed by atoms with Gasteiger partial charge in [0.25, 0.3) is 0 Å². The van der Waals surface area contributed by atoms with E-state index in [-0.39, 0.29) is 11.5 Å². The normalized spacial score (nSPS) is 10.3. The van der Waals surface area contributed by atoms with Crippen molar-refractivity contribution in [3.8, 4) is 11.5 Å². The minimum absolute atomic E-state index is 0.191. The van der Waals surface area contributed by atoms with Crippen molar-refractivity contribution in [2.24, 2.45) is 7.05 Å². The number of nitrogen functional groups attached to an aromatic ring is 1. The zero-order valence-electron chi connectivity index (χ0n) is 16.0. The standard InChI is InChI=1S/C14H12BrN3O.C7H10N2O/c1-18-13-6-5-11(19)8-12(13)17-14(18)16-10-4-2-3-9(15)7-10;1-9-7-3-2-5(10)4-6(7)8/h2-8,19H,1H3,(H,16,17);2-4,9-10H,8H2,1H3. The molecule has 0 bridgehead atoms. The Labute approximate surface area is 176 Å². The number of hydrogen-bond donors (Lipinski definition) is 5. The number of hydrogen-bond acceptors (Lipinski definition) is 6. The van der Waals surface area contributed by atoms with E-state index >= 15 is 0 Å². The average Bonchev–Trinajstić information content (AvgIpc) is 2.97. The summed E-state index contributed by atoms with van der Waals surface area (Å²) in [6.07, 6.45) is 0. The van der Waals surface area contributed by atoms with Crippen LogP contribution in [0.15, 0.2) is 65.1 Å². The number of rotatable bonds is 3. The van der Waals surface area contributed by atoms with Gasteiger partial charge in [-0.3, -0.25) is 0 Å².